The van der Waals surface area contributed by atoms with Gasteiger partial charge in [-0.1, -0.05) is 24.3 Å². The molecular formula is C22H21FN2O4. The van der Waals surface area contributed by atoms with Gasteiger partial charge in [-0.3, -0.25) is 0 Å². The minimum atomic E-state index is -0.813. The van der Waals surface area contributed by atoms with Gasteiger partial charge < -0.3 is 9.47 Å². The van der Waals surface area contributed by atoms with Crippen LogP contribution in [0.1, 0.15) is 43.6 Å². The highest BCUT2D eigenvalue weighted by atomic mass is 19.1. The fourth-order valence-corrected chi connectivity index (χ4v) is 3.13. The molecule has 1 aliphatic rings. The van der Waals surface area contributed by atoms with Gasteiger partial charge in [-0.05, 0) is 62.6 Å². The molecule has 2 amide bonds. The zero-order valence-corrected chi connectivity index (χ0v) is 16.4. The number of amides is 2. The van der Waals surface area contributed by atoms with Crippen molar-refractivity contribution in [2.45, 2.75) is 44.9 Å². The second-order valence-corrected chi connectivity index (χ2v) is 7.79. The molecule has 1 aliphatic heterocycles. The lowest BCUT2D eigenvalue weighted by Gasteiger charge is -2.27. The van der Waals surface area contributed by atoms with E-state index in [0.29, 0.717) is 17.5 Å². The molecule has 6 nitrogen and oxygen atoms in total. The summed E-state index contributed by atoms with van der Waals surface area (Å²) in [4.78, 5) is 26.2. The van der Waals surface area contributed by atoms with Crippen LogP contribution in [0.2, 0.25) is 0 Å². The summed E-state index contributed by atoms with van der Waals surface area (Å²) >= 11 is 0. The lowest BCUT2D eigenvalue weighted by molar-refractivity contribution is 0.0287. The SMILES string of the molecule is CC(C)(C)OC(=O)N1C(=O)OC(c2ccc(F)cc2)C1Cc1ccc(C#N)cc1. The van der Waals surface area contributed by atoms with Crippen LogP contribution in [-0.2, 0) is 15.9 Å². The molecule has 29 heavy (non-hydrogen) atoms. The van der Waals surface area contributed by atoms with Crippen molar-refractivity contribution in [1.82, 2.24) is 4.90 Å². The first-order valence-electron chi connectivity index (χ1n) is 9.15. The van der Waals surface area contributed by atoms with Crippen molar-refractivity contribution >= 4 is 12.2 Å². The van der Waals surface area contributed by atoms with Crippen molar-refractivity contribution in [3.8, 4) is 6.07 Å². The number of halogens is 1. The second kappa shape index (κ2) is 7.92. The van der Waals surface area contributed by atoms with Gasteiger partial charge in [-0.2, -0.15) is 5.26 Å². The Morgan fingerprint density at radius 3 is 2.34 bits per heavy atom. The third kappa shape index (κ3) is 4.72. The Morgan fingerprint density at radius 2 is 1.79 bits per heavy atom. The minimum absolute atomic E-state index is 0.290. The maximum atomic E-state index is 13.3. The van der Waals surface area contributed by atoms with Gasteiger partial charge in [0.25, 0.3) is 0 Å². The van der Waals surface area contributed by atoms with E-state index in [-0.39, 0.29) is 0 Å². The Kier molecular flexibility index (Phi) is 5.55. The normalized spacial score (nSPS) is 18.9. The predicted octanol–water partition coefficient (Wildman–Crippen LogP) is 4.74. The van der Waals surface area contributed by atoms with E-state index in [1.807, 2.05) is 6.07 Å². The van der Waals surface area contributed by atoms with Crippen LogP contribution in [0.15, 0.2) is 48.5 Å². The van der Waals surface area contributed by atoms with Crippen LogP contribution in [0.3, 0.4) is 0 Å². The van der Waals surface area contributed by atoms with E-state index in [1.165, 1.54) is 24.3 Å². The molecule has 0 aliphatic carbocycles. The molecule has 0 saturated carbocycles. The molecule has 0 spiro atoms. The third-order valence-electron chi connectivity index (χ3n) is 4.42. The summed E-state index contributed by atoms with van der Waals surface area (Å²) in [6, 6.07) is 13.8. The van der Waals surface area contributed by atoms with Crippen LogP contribution >= 0.6 is 0 Å². The molecule has 0 radical (unpaired) electrons. The zero-order chi connectivity index (χ0) is 21.2. The topological polar surface area (TPSA) is 79.6 Å². The minimum Gasteiger partial charge on any atom is -0.443 e. The molecule has 150 valence electrons. The number of nitriles is 1. The molecule has 1 heterocycles. The number of hydrogen-bond acceptors (Lipinski definition) is 5. The molecule has 1 saturated heterocycles. The largest absolute Gasteiger partial charge is 0.443 e. The molecule has 0 aromatic heterocycles. The Morgan fingerprint density at radius 1 is 1.17 bits per heavy atom. The van der Waals surface area contributed by atoms with E-state index >= 15 is 0 Å². The monoisotopic (exact) mass is 396 g/mol. The molecule has 0 N–H and O–H groups in total. The first kappa shape index (κ1) is 20.3. The highest BCUT2D eigenvalue weighted by Crippen LogP contribution is 2.35. The summed E-state index contributed by atoms with van der Waals surface area (Å²) in [7, 11) is 0. The summed E-state index contributed by atoms with van der Waals surface area (Å²) < 4.78 is 24.2. The molecule has 0 bridgehead atoms. The van der Waals surface area contributed by atoms with E-state index in [2.05, 4.69) is 0 Å². The Labute approximate surface area is 168 Å². The fraction of sp³-hybridized carbons (Fsp3) is 0.318. The van der Waals surface area contributed by atoms with Crippen molar-refractivity contribution in [1.29, 1.82) is 5.26 Å². The van der Waals surface area contributed by atoms with E-state index < -0.39 is 35.8 Å². The van der Waals surface area contributed by atoms with Crippen molar-refractivity contribution in [2.24, 2.45) is 0 Å². The van der Waals surface area contributed by atoms with Gasteiger partial charge in [0.1, 0.15) is 11.4 Å². The van der Waals surface area contributed by atoms with Gasteiger partial charge in [-0.25, -0.2) is 18.9 Å². The van der Waals surface area contributed by atoms with Gasteiger partial charge in [-0.15, -0.1) is 0 Å². The van der Waals surface area contributed by atoms with Crippen molar-refractivity contribution < 1.29 is 23.5 Å². The van der Waals surface area contributed by atoms with Crippen LogP contribution in [-0.4, -0.2) is 28.7 Å². The second-order valence-electron chi connectivity index (χ2n) is 7.79. The fourth-order valence-electron chi connectivity index (χ4n) is 3.13. The van der Waals surface area contributed by atoms with Crippen molar-refractivity contribution in [2.75, 3.05) is 0 Å². The Balaban J connectivity index is 1.95. The first-order chi connectivity index (χ1) is 13.7. The molecular weight excluding hydrogens is 375 g/mol. The average molecular weight is 396 g/mol. The summed E-state index contributed by atoms with van der Waals surface area (Å²) in [6.07, 6.45) is -2.09. The zero-order valence-electron chi connectivity index (χ0n) is 16.4. The predicted molar refractivity (Wildman–Crippen MR) is 102 cm³/mol. The molecule has 2 aromatic carbocycles. The molecule has 2 atom stereocenters. The number of carbonyl (C=O) groups is 2. The Bertz CT molecular complexity index is 943. The number of cyclic esters (lactones) is 1. The molecule has 7 heteroatoms. The van der Waals surface area contributed by atoms with Gasteiger partial charge in [0.05, 0.1) is 17.7 Å². The average Bonchev–Trinajstić information content (AvgIpc) is 2.97. The molecule has 2 aromatic rings. The van der Waals surface area contributed by atoms with Crippen LogP contribution in [0.25, 0.3) is 0 Å². The smallest absolute Gasteiger partial charge is 0.420 e. The molecule has 1 fully saturated rings. The van der Waals surface area contributed by atoms with Crippen LogP contribution < -0.4 is 0 Å². The van der Waals surface area contributed by atoms with E-state index in [1.54, 1.807) is 45.0 Å². The van der Waals surface area contributed by atoms with Gasteiger partial charge in [0.15, 0.2) is 6.10 Å². The standard InChI is InChI=1S/C22H21FN2O4/c1-22(2,3)29-21(27)25-18(12-14-4-6-15(13-24)7-5-14)19(28-20(25)26)16-8-10-17(23)11-9-16/h4-11,18-19H,12H2,1-3H3. The lowest BCUT2D eigenvalue weighted by atomic mass is 9.95. The van der Waals surface area contributed by atoms with Crippen molar-refractivity contribution in [3.63, 3.8) is 0 Å². The quantitative estimate of drug-likeness (QED) is 0.749. The van der Waals surface area contributed by atoms with Crippen LogP contribution in [0, 0.1) is 17.1 Å². The Hall–Kier alpha value is -3.40. The number of hydrogen-bond donors (Lipinski definition) is 0. The van der Waals surface area contributed by atoms with Gasteiger partial charge in [0.2, 0.25) is 0 Å². The van der Waals surface area contributed by atoms with E-state index in [9.17, 15) is 14.0 Å². The number of imide groups is 1. The molecule has 3 rings (SSSR count). The summed E-state index contributed by atoms with van der Waals surface area (Å²) in [6.45, 7) is 5.12. The maximum Gasteiger partial charge on any atom is 0.420 e. The number of ether oxygens (including phenoxy) is 2. The van der Waals surface area contributed by atoms with Crippen LogP contribution in [0.4, 0.5) is 14.0 Å². The summed E-state index contributed by atoms with van der Waals surface area (Å²) in [5, 5.41) is 8.97. The van der Waals surface area contributed by atoms with Crippen molar-refractivity contribution in [3.05, 3.63) is 71.0 Å². The molecule has 2 unspecified atom stereocenters. The van der Waals surface area contributed by atoms with E-state index in [0.717, 1.165) is 10.5 Å². The summed E-state index contributed by atoms with van der Waals surface area (Å²) in [5.74, 6) is -0.411. The highest BCUT2D eigenvalue weighted by molar-refractivity contribution is 5.90. The maximum absolute atomic E-state index is 13.3. The van der Waals surface area contributed by atoms with Gasteiger partial charge in [0, 0.05) is 0 Å². The number of benzene rings is 2. The third-order valence-corrected chi connectivity index (χ3v) is 4.42. The summed E-state index contributed by atoms with van der Waals surface area (Å²) in [5.41, 5.74) is 1.11. The number of nitrogens with zero attached hydrogens (tertiary/aromatic N) is 2. The van der Waals surface area contributed by atoms with Gasteiger partial charge >= 0.3 is 12.2 Å². The number of carbonyl (C=O) groups excluding carboxylic acids is 2. The lowest BCUT2D eigenvalue weighted by Crippen LogP contribution is -2.43. The number of rotatable bonds is 3. The van der Waals surface area contributed by atoms with Crippen LogP contribution in [0.5, 0.6) is 0 Å². The first-order valence-corrected chi connectivity index (χ1v) is 9.15. The highest BCUT2D eigenvalue weighted by Gasteiger charge is 2.47. The van der Waals surface area contributed by atoms with E-state index in [4.69, 9.17) is 14.7 Å².